The van der Waals surface area contributed by atoms with Crippen molar-refractivity contribution in [2.24, 2.45) is 5.92 Å². The first-order valence-electron chi connectivity index (χ1n) is 4.14. The molecule has 2 nitrogen and oxygen atoms in total. The van der Waals surface area contributed by atoms with Crippen molar-refractivity contribution in [3.63, 3.8) is 0 Å². The van der Waals surface area contributed by atoms with E-state index in [9.17, 15) is 4.79 Å². The molecule has 0 aromatic rings. The first-order chi connectivity index (χ1) is 5.24. The Balaban J connectivity index is 2.19. The molecule has 1 amide bonds. The Morgan fingerprint density at radius 2 is 2.36 bits per heavy atom. The van der Waals surface area contributed by atoms with Gasteiger partial charge >= 0.3 is 0 Å². The Morgan fingerprint density at radius 1 is 1.73 bits per heavy atom. The quantitative estimate of drug-likeness (QED) is 0.617. The van der Waals surface area contributed by atoms with Crippen LogP contribution >= 0.6 is 12.6 Å². The highest BCUT2D eigenvalue weighted by Crippen LogP contribution is 2.29. The molecule has 64 valence electrons. The zero-order chi connectivity index (χ0) is 8.27. The highest BCUT2D eigenvalue weighted by molar-refractivity contribution is 7.81. The number of carbonyl (C=O) groups excluding carboxylic acids is 1. The monoisotopic (exact) mass is 173 g/mol. The molecular formula is C8H15NOS. The molecule has 0 aliphatic heterocycles. The summed E-state index contributed by atoms with van der Waals surface area (Å²) in [4.78, 5) is 10.9. The molecule has 0 radical (unpaired) electrons. The van der Waals surface area contributed by atoms with E-state index >= 15 is 0 Å². The van der Waals surface area contributed by atoms with Crippen LogP contribution in [0.25, 0.3) is 0 Å². The van der Waals surface area contributed by atoms with Crippen LogP contribution < -0.4 is 5.32 Å². The van der Waals surface area contributed by atoms with Crippen LogP contribution in [0.1, 0.15) is 26.2 Å². The zero-order valence-electron chi connectivity index (χ0n) is 6.84. The van der Waals surface area contributed by atoms with Gasteiger partial charge in [-0.05, 0) is 25.7 Å². The maximum Gasteiger partial charge on any atom is 0.229 e. The van der Waals surface area contributed by atoms with Crippen LogP contribution in [0.3, 0.4) is 0 Å². The lowest BCUT2D eigenvalue weighted by Crippen LogP contribution is -2.41. The van der Waals surface area contributed by atoms with Gasteiger partial charge in [-0.2, -0.15) is 12.6 Å². The highest BCUT2D eigenvalue weighted by atomic mass is 32.1. The van der Waals surface area contributed by atoms with Gasteiger partial charge in [-0.25, -0.2) is 0 Å². The predicted octanol–water partition coefficient (Wildman–Crippen LogP) is 1.22. The summed E-state index contributed by atoms with van der Waals surface area (Å²) in [5.41, 5.74) is 0. The van der Waals surface area contributed by atoms with Gasteiger partial charge < -0.3 is 5.32 Å². The maximum atomic E-state index is 10.9. The van der Waals surface area contributed by atoms with Crippen LogP contribution in [-0.2, 0) is 4.79 Å². The Bertz CT molecular complexity index is 145. The third kappa shape index (κ3) is 2.40. The standard InChI is InChI=1S/C8H15NOS/c1-6(7-3-2-4-7)9-8(10)5-11/h6-7,11H,2-5H2,1H3,(H,9,10). The minimum Gasteiger partial charge on any atom is -0.353 e. The molecule has 0 spiro atoms. The number of amides is 1. The first kappa shape index (κ1) is 8.91. The molecule has 1 aliphatic rings. The predicted molar refractivity (Wildman–Crippen MR) is 48.8 cm³/mol. The largest absolute Gasteiger partial charge is 0.353 e. The molecular weight excluding hydrogens is 158 g/mol. The molecule has 0 heterocycles. The van der Waals surface area contributed by atoms with Gasteiger partial charge in [-0.3, -0.25) is 4.79 Å². The molecule has 1 N–H and O–H groups in total. The molecule has 0 aromatic carbocycles. The average molecular weight is 173 g/mol. The van der Waals surface area contributed by atoms with Crippen molar-refractivity contribution in [3.05, 3.63) is 0 Å². The van der Waals surface area contributed by atoms with Crippen molar-refractivity contribution in [2.45, 2.75) is 32.2 Å². The Morgan fingerprint density at radius 3 is 2.73 bits per heavy atom. The number of hydrogen-bond donors (Lipinski definition) is 2. The number of hydrogen-bond acceptors (Lipinski definition) is 2. The topological polar surface area (TPSA) is 29.1 Å². The van der Waals surface area contributed by atoms with E-state index in [0.29, 0.717) is 11.8 Å². The Labute approximate surface area is 73.2 Å². The number of rotatable bonds is 3. The molecule has 0 aromatic heterocycles. The second-order valence-electron chi connectivity index (χ2n) is 3.21. The van der Waals surface area contributed by atoms with Gasteiger partial charge in [0, 0.05) is 6.04 Å². The van der Waals surface area contributed by atoms with Gasteiger partial charge in [-0.1, -0.05) is 6.42 Å². The van der Waals surface area contributed by atoms with Crippen LogP contribution in [0.15, 0.2) is 0 Å². The second kappa shape index (κ2) is 4.00. The van der Waals surface area contributed by atoms with Crippen molar-refractivity contribution < 1.29 is 4.79 Å². The van der Waals surface area contributed by atoms with E-state index in [1.165, 1.54) is 19.3 Å². The van der Waals surface area contributed by atoms with Crippen LogP contribution in [0, 0.1) is 5.92 Å². The summed E-state index contributed by atoms with van der Waals surface area (Å²) in [7, 11) is 0. The summed E-state index contributed by atoms with van der Waals surface area (Å²) < 4.78 is 0. The minimum atomic E-state index is 0.0488. The SMILES string of the molecule is CC(NC(=O)CS)C1CCC1. The molecule has 1 atom stereocenters. The van der Waals surface area contributed by atoms with E-state index in [1.54, 1.807) is 0 Å². The van der Waals surface area contributed by atoms with E-state index in [4.69, 9.17) is 0 Å². The second-order valence-corrected chi connectivity index (χ2v) is 3.52. The summed E-state index contributed by atoms with van der Waals surface area (Å²) in [5, 5.41) is 2.92. The Kier molecular flexibility index (Phi) is 3.24. The number of thiol groups is 1. The molecule has 1 rings (SSSR count). The summed E-state index contributed by atoms with van der Waals surface area (Å²) in [6.07, 6.45) is 3.87. The lowest BCUT2D eigenvalue weighted by atomic mass is 9.80. The maximum absolute atomic E-state index is 10.9. The molecule has 0 bridgehead atoms. The molecule has 1 saturated carbocycles. The lowest BCUT2D eigenvalue weighted by molar-refractivity contribution is -0.119. The lowest BCUT2D eigenvalue weighted by Gasteiger charge is -2.31. The van der Waals surface area contributed by atoms with Crippen LogP contribution in [0.4, 0.5) is 0 Å². The van der Waals surface area contributed by atoms with E-state index in [-0.39, 0.29) is 5.91 Å². The molecule has 0 saturated heterocycles. The fourth-order valence-corrected chi connectivity index (χ4v) is 1.45. The van der Waals surface area contributed by atoms with Crippen molar-refractivity contribution in [3.8, 4) is 0 Å². The summed E-state index contributed by atoms with van der Waals surface area (Å²) in [6.45, 7) is 2.07. The van der Waals surface area contributed by atoms with E-state index in [1.807, 2.05) is 0 Å². The van der Waals surface area contributed by atoms with E-state index in [2.05, 4.69) is 24.9 Å². The smallest absolute Gasteiger partial charge is 0.229 e. The number of nitrogens with one attached hydrogen (secondary N) is 1. The summed E-state index contributed by atoms with van der Waals surface area (Å²) in [6, 6.07) is 0.350. The molecule has 3 heteroatoms. The molecule has 1 unspecified atom stereocenters. The van der Waals surface area contributed by atoms with Crippen LogP contribution in [0.5, 0.6) is 0 Å². The van der Waals surface area contributed by atoms with Gasteiger partial charge in [0.05, 0.1) is 5.75 Å². The zero-order valence-corrected chi connectivity index (χ0v) is 7.73. The normalized spacial score (nSPS) is 20.5. The van der Waals surface area contributed by atoms with Gasteiger partial charge in [0.15, 0.2) is 0 Å². The third-order valence-corrected chi connectivity index (χ3v) is 2.68. The third-order valence-electron chi connectivity index (χ3n) is 2.39. The fourth-order valence-electron chi connectivity index (χ4n) is 1.36. The van der Waals surface area contributed by atoms with E-state index in [0.717, 1.165) is 5.92 Å². The van der Waals surface area contributed by atoms with Gasteiger partial charge in [0.1, 0.15) is 0 Å². The van der Waals surface area contributed by atoms with Crippen molar-refractivity contribution >= 4 is 18.5 Å². The van der Waals surface area contributed by atoms with Crippen molar-refractivity contribution in [1.29, 1.82) is 0 Å². The summed E-state index contributed by atoms with van der Waals surface area (Å²) in [5.74, 6) is 1.07. The van der Waals surface area contributed by atoms with Crippen LogP contribution in [-0.4, -0.2) is 17.7 Å². The first-order valence-corrected chi connectivity index (χ1v) is 4.77. The van der Waals surface area contributed by atoms with E-state index < -0.39 is 0 Å². The van der Waals surface area contributed by atoms with Crippen molar-refractivity contribution in [2.75, 3.05) is 5.75 Å². The summed E-state index contributed by atoms with van der Waals surface area (Å²) >= 11 is 3.89. The Hall–Kier alpha value is -0.180. The fraction of sp³-hybridized carbons (Fsp3) is 0.875. The van der Waals surface area contributed by atoms with Crippen LogP contribution in [0.2, 0.25) is 0 Å². The average Bonchev–Trinajstić information content (AvgIpc) is 1.83. The molecule has 1 aliphatic carbocycles. The number of carbonyl (C=O) groups is 1. The van der Waals surface area contributed by atoms with Gasteiger partial charge in [0.2, 0.25) is 5.91 Å². The van der Waals surface area contributed by atoms with Gasteiger partial charge in [-0.15, -0.1) is 0 Å². The van der Waals surface area contributed by atoms with Crippen molar-refractivity contribution in [1.82, 2.24) is 5.32 Å². The highest BCUT2D eigenvalue weighted by Gasteiger charge is 2.24. The minimum absolute atomic E-state index is 0.0488. The van der Waals surface area contributed by atoms with Gasteiger partial charge in [0.25, 0.3) is 0 Å². The molecule has 11 heavy (non-hydrogen) atoms. The molecule has 1 fully saturated rings.